The second kappa shape index (κ2) is 6.70. The van der Waals surface area contributed by atoms with Crippen molar-refractivity contribution in [3.8, 4) is 0 Å². The van der Waals surface area contributed by atoms with Gasteiger partial charge in [-0.1, -0.05) is 19.3 Å². The van der Waals surface area contributed by atoms with Gasteiger partial charge in [0, 0.05) is 18.8 Å². The molecule has 1 aliphatic heterocycles. The smallest absolute Gasteiger partial charge is 0.317 e. The number of amides is 2. The SMILES string of the molecule is CN(C(=O)NC1CCSC1)C1(CC(=O)O)CCCCC1. The number of thioether (sulfide) groups is 1. The molecule has 0 aromatic rings. The minimum Gasteiger partial charge on any atom is -0.481 e. The first-order valence-electron chi connectivity index (χ1n) is 7.37. The van der Waals surface area contributed by atoms with Crippen LogP contribution < -0.4 is 5.32 Å². The van der Waals surface area contributed by atoms with E-state index in [1.165, 1.54) is 0 Å². The maximum Gasteiger partial charge on any atom is 0.317 e. The molecule has 20 heavy (non-hydrogen) atoms. The quantitative estimate of drug-likeness (QED) is 0.836. The molecule has 1 heterocycles. The summed E-state index contributed by atoms with van der Waals surface area (Å²) in [5.41, 5.74) is -0.500. The number of urea groups is 1. The molecule has 0 radical (unpaired) electrons. The van der Waals surface area contributed by atoms with Gasteiger partial charge >= 0.3 is 12.0 Å². The number of carbonyl (C=O) groups excluding carboxylic acids is 1. The Balaban J connectivity index is 2.02. The monoisotopic (exact) mass is 300 g/mol. The topological polar surface area (TPSA) is 69.6 Å². The van der Waals surface area contributed by atoms with Crippen LogP contribution in [0.15, 0.2) is 0 Å². The van der Waals surface area contributed by atoms with E-state index in [4.69, 9.17) is 0 Å². The van der Waals surface area contributed by atoms with Crippen LogP contribution in [0.25, 0.3) is 0 Å². The third-order valence-corrected chi connectivity index (χ3v) is 5.70. The molecule has 0 aromatic heterocycles. The molecular weight excluding hydrogens is 276 g/mol. The minimum absolute atomic E-state index is 0.0519. The highest BCUT2D eigenvalue weighted by Crippen LogP contribution is 2.36. The summed E-state index contributed by atoms with van der Waals surface area (Å²) in [4.78, 5) is 25.3. The number of carboxylic acid groups (broad SMARTS) is 1. The van der Waals surface area contributed by atoms with E-state index in [-0.39, 0.29) is 18.5 Å². The molecule has 2 aliphatic rings. The second-order valence-electron chi connectivity index (χ2n) is 5.92. The molecule has 1 aliphatic carbocycles. The van der Waals surface area contributed by atoms with E-state index < -0.39 is 11.5 Å². The summed E-state index contributed by atoms with van der Waals surface area (Å²) in [6.45, 7) is 0. The molecular formula is C14H24N2O3S. The average Bonchev–Trinajstić information content (AvgIpc) is 2.91. The van der Waals surface area contributed by atoms with Gasteiger partial charge in [0.15, 0.2) is 0 Å². The number of carbonyl (C=O) groups is 2. The lowest BCUT2D eigenvalue weighted by molar-refractivity contribution is -0.140. The third kappa shape index (κ3) is 3.59. The highest BCUT2D eigenvalue weighted by atomic mass is 32.2. The summed E-state index contributed by atoms with van der Waals surface area (Å²) in [5.74, 6) is 1.24. The van der Waals surface area contributed by atoms with Crippen molar-refractivity contribution in [2.45, 2.75) is 56.5 Å². The zero-order chi connectivity index (χ0) is 14.6. The van der Waals surface area contributed by atoms with Crippen molar-refractivity contribution in [1.29, 1.82) is 0 Å². The minimum atomic E-state index is -0.817. The summed E-state index contributed by atoms with van der Waals surface area (Å²) >= 11 is 1.85. The Morgan fingerprint density at radius 3 is 2.60 bits per heavy atom. The van der Waals surface area contributed by atoms with Crippen LogP contribution in [-0.2, 0) is 4.79 Å². The Bertz CT molecular complexity index is 363. The Morgan fingerprint density at radius 1 is 1.35 bits per heavy atom. The first-order chi connectivity index (χ1) is 9.53. The Kier molecular flexibility index (Phi) is 5.18. The van der Waals surface area contributed by atoms with Gasteiger partial charge in [-0.3, -0.25) is 4.79 Å². The molecule has 0 spiro atoms. The van der Waals surface area contributed by atoms with E-state index >= 15 is 0 Å². The summed E-state index contributed by atoms with van der Waals surface area (Å²) in [7, 11) is 1.76. The van der Waals surface area contributed by atoms with Crippen molar-refractivity contribution in [2.24, 2.45) is 0 Å². The predicted octanol–water partition coefficient (Wildman–Crippen LogP) is 2.31. The van der Waals surface area contributed by atoms with Crippen molar-refractivity contribution in [3.05, 3.63) is 0 Å². The summed E-state index contributed by atoms with van der Waals surface area (Å²) in [5, 5.41) is 12.2. The van der Waals surface area contributed by atoms with E-state index in [9.17, 15) is 14.7 Å². The van der Waals surface area contributed by atoms with Crippen LogP contribution in [-0.4, -0.2) is 52.1 Å². The van der Waals surface area contributed by atoms with Gasteiger partial charge < -0.3 is 15.3 Å². The molecule has 1 unspecified atom stereocenters. The summed E-state index contributed by atoms with van der Waals surface area (Å²) in [6.07, 6.45) is 5.79. The van der Waals surface area contributed by atoms with Crippen molar-refractivity contribution >= 4 is 23.8 Å². The zero-order valence-electron chi connectivity index (χ0n) is 12.1. The van der Waals surface area contributed by atoms with Crippen LogP contribution in [0.5, 0.6) is 0 Å². The number of rotatable bonds is 4. The van der Waals surface area contributed by atoms with Gasteiger partial charge in [0.2, 0.25) is 0 Å². The third-order valence-electron chi connectivity index (χ3n) is 4.54. The maximum atomic E-state index is 12.4. The van der Waals surface area contributed by atoms with E-state index in [1.807, 2.05) is 11.8 Å². The Hall–Kier alpha value is -0.910. The Morgan fingerprint density at radius 2 is 2.05 bits per heavy atom. The van der Waals surface area contributed by atoms with Gasteiger partial charge in [-0.25, -0.2) is 4.79 Å². The van der Waals surface area contributed by atoms with Gasteiger partial charge in [0.05, 0.1) is 12.0 Å². The maximum absolute atomic E-state index is 12.4. The van der Waals surface area contributed by atoms with Gasteiger partial charge in [-0.2, -0.15) is 11.8 Å². The number of nitrogens with zero attached hydrogens (tertiary/aromatic N) is 1. The van der Waals surface area contributed by atoms with Crippen LogP contribution in [0.3, 0.4) is 0 Å². The largest absolute Gasteiger partial charge is 0.481 e. The van der Waals surface area contributed by atoms with Crippen LogP contribution in [0.4, 0.5) is 4.79 Å². The van der Waals surface area contributed by atoms with Crippen molar-refractivity contribution in [2.75, 3.05) is 18.6 Å². The van der Waals surface area contributed by atoms with Crippen LogP contribution in [0.1, 0.15) is 44.9 Å². The van der Waals surface area contributed by atoms with E-state index in [0.717, 1.165) is 50.0 Å². The second-order valence-corrected chi connectivity index (χ2v) is 7.07. The standard InChI is InChI=1S/C14H24N2O3S/c1-16(13(19)15-11-5-8-20-10-11)14(9-12(17)18)6-3-2-4-7-14/h11H,2-10H2,1H3,(H,15,19)(H,17,18). The lowest BCUT2D eigenvalue weighted by atomic mass is 9.78. The van der Waals surface area contributed by atoms with Gasteiger partial charge in [-0.05, 0) is 25.0 Å². The number of nitrogens with one attached hydrogen (secondary N) is 1. The number of carboxylic acids is 1. The van der Waals surface area contributed by atoms with Gasteiger partial charge in [0.25, 0.3) is 0 Å². The number of hydrogen-bond acceptors (Lipinski definition) is 3. The molecule has 2 amide bonds. The molecule has 0 bridgehead atoms. The fourth-order valence-electron chi connectivity index (χ4n) is 3.26. The van der Waals surface area contributed by atoms with E-state index in [2.05, 4.69) is 5.32 Å². The van der Waals surface area contributed by atoms with E-state index in [1.54, 1.807) is 11.9 Å². The molecule has 1 atom stereocenters. The summed E-state index contributed by atoms with van der Waals surface area (Å²) in [6, 6.07) is 0.126. The predicted molar refractivity (Wildman–Crippen MR) is 80.1 cm³/mol. The first kappa shape index (κ1) is 15.5. The number of hydrogen-bond donors (Lipinski definition) is 2. The van der Waals surface area contributed by atoms with Crippen LogP contribution in [0.2, 0.25) is 0 Å². The lowest BCUT2D eigenvalue weighted by Gasteiger charge is -2.44. The fourth-order valence-corrected chi connectivity index (χ4v) is 4.41. The molecule has 5 nitrogen and oxygen atoms in total. The molecule has 2 N–H and O–H groups in total. The van der Waals surface area contributed by atoms with Crippen LogP contribution in [0, 0.1) is 0 Å². The van der Waals surface area contributed by atoms with E-state index in [0.29, 0.717) is 0 Å². The molecule has 2 fully saturated rings. The molecule has 114 valence electrons. The number of aliphatic carboxylic acids is 1. The van der Waals surface area contributed by atoms with Gasteiger partial charge in [-0.15, -0.1) is 0 Å². The highest BCUT2D eigenvalue weighted by Gasteiger charge is 2.40. The highest BCUT2D eigenvalue weighted by molar-refractivity contribution is 7.99. The zero-order valence-corrected chi connectivity index (χ0v) is 12.9. The van der Waals surface area contributed by atoms with Crippen molar-refractivity contribution in [3.63, 3.8) is 0 Å². The lowest BCUT2D eigenvalue weighted by Crippen LogP contribution is -2.56. The molecule has 6 heteroatoms. The molecule has 1 saturated heterocycles. The summed E-state index contributed by atoms with van der Waals surface area (Å²) < 4.78 is 0. The van der Waals surface area contributed by atoms with Crippen LogP contribution >= 0.6 is 11.8 Å². The fraction of sp³-hybridized carbons (Fsp3) is 0.857. The molecule has 0 aromatic carbocycles. The van der Waals surface area contributed by atoms with Gasteiger partial charge in [0.1, 0.15) is 0 Å². The normalized spacial score (nSPS) is 25.1. The molecule has 1 saturated carbocycles. The Labute approximate surface area is 124 Å². The first-order valence-corrected chi connectivity index (χ1v) is 8.53. The average molecular weight is 300 g/mol. The molecule has 2 rings (SSSR count). The van der Waals surface area contributed by atoms with Crippen molar-refractivity contribution < 1.29 is 14.7 Å². The van der Waals surface area contributed by atoms with Crippen molar-refractivity contribution in [1.82, 2.24) is 10.2 Å².